The first kappa shape index (κ1) is 13.6. The molecule has 0 saturated heterocycles. The molecule has 3 N–H and O–H groups in total. The molecule has 0 aromatic rings. The van der Waals surface area contributed by atoms with E-state index < -0.39 is 0 Å². The van der Waals surface area contributed by atoms with Gasteiger partial charge in [-0.1, -0.05) is 13.8 Å². The first-order valence-corrected chi connectivity index (χ1v) is 8.98. The molecule has 5 rings (SSSR count). The normalized spacial score (nSPS) is 52.6. The second kappa shape index (κ2) is 4.46. The third kappa shape index (κ3) is 1.98. The highest BCUT2D eigenvalue weighted by Crippen LogP contribution is 2.58. The third-order valence-corrected chi connectivity index (χ3v) is 7.37. The SMILES string of the molecule is CC1(C)CCC(NC2(CN)C3CC4CC(C3)CC2C4)C1. The molecule has 2 nitrogen and oxygen atoms in total. The van der Waals surface area contributed by atoms with E-state index in [0.29, 0.717) is 11.0 Å². The van der Waals surface area contributed by atoms with E-state index in [1.807, 2.05) is 0 Å². The Labute approximate surface area is 124 Å². The van der Waals surface area contributed by atoms with Crippen molar-refractivity contribution in [2.24, 2.45) is 34.8 Å². The van der Waals surface area contributed by atoms with E-state index in [2.05, 4.69) is 19.2 Å². The summed E-state index contributed by atoms with van der Waals surface area (Å²) >= 11 is 0. The fourth-order valence-corrected chi connectivity index (χ4v) is 6.59. The summed E-state index contributed by atoms with van der Waals surface area (Å²) < 4.78 is 0. The molecule has 5 saturated carbocycles. The van der Waals surface area contributed by atoms with Crippen LogP contribution in [0.15, 0.2) is 0 Å². The van der Waals surface area contributed by atoms with Gasteiger partial charge in [0.25, 0.3) is 0 Å². The first-order chi connectivity index (χ1) is 9.51. The lowest BCUT2D eigenvalue weighted by Gasteiger charge is -2.62. The van der Waals surface area contributed by atoms with Gasteiger partial charge in [0.1, 0.15) is 0 Å². The highest BCUT2D eigenvalue weighted by Gasteiger charge is 2.57. The smallest absolute Gasteiger partial charge is 0.0363 e. The van der Waals surface area contributed by atoms with Crippen molar-refractivity contribution in [3.63, 3.8) is 0 Å². The largest absolute Gasteiger partial charge is 0.329 e. The predicted molar refractivity (Wildman–Crippen MR) is 83.4 cm³/mol. The van der Waals surface area contributed by atoms with Crippen LogP contribution in [0.3, 0.4) is 0 Å². The number of hydrogen-bond acceptors (Lipinski definition) is 2. The summed E-state index contributed by atoms with van der Waals surface area (Å²) in [5.74, 6) is 3.85. The van der Waals surface area contributed by atoms with Crippen LogP contribution in [0.5, 0.6) is 0 Å². The molecule has 0 spiro atoms. The highest BCUT2D eigenvalue weighted by atomic mass is 15.1. The zero-order valence-electron chi connectivity index (χ0n) is 13.3. The summed E-state index contributed by atoms with van der Waals surface area (Å²) in [5.41, 5.74) is 7.22. The quantitative estimate of drug-likeness (QED) is 0.830. The van der Waals surface area contributed by atoms with Crippen molar-refractivity contribution in [3.8, 4) is 0 Å². The van der Waals surface area contributed by atoms with Gasteiger partial charge in [-0.3, -0.25) is 0 Å². The minimum absolute atomic E-state index is 0.304. The van der Waals surface area contributed by atoms with E-state index in [0.717, 1.165) is 36.3 Å². The second-order valence-electron chi connectivity index (χ2n) is 9.30. The molecule has 0 heterocycles. The first-order valence-electron chi connectivity index (χ1n) is 8.98. The molecule has 0 aromatic heterocycles. The van der Waals surface area contributed by atoms with Crippen LogP contribution < -0.4 is 11.1 Å². The lowest BCUT2D eigenvalue weighted by atomic mass is 9.48. The minimum Gasteiger partial charge on any atom is -0.329 e. The van der Waals surface area contributed by atoms with Gasteiger partial charge in [-0.05, 0) is 80.5 Å². The Bertz CT molecular complexity index is 359. The maximum atomic E-state index is 6.37. The lowest BCUT2D eigenvalue weighted by molar-refractivity contribution is -0.0740. The Hall–Kier alpha value is -0.0800. The molecule has 5 aliphatic rings. The highest BCUT2D eigenvalue weighted by molar-refractivity contribution is 5.13. The van der Waals surface area contributed by atoms with Crippen LogP contribution in [-0.4, -0.2) is 18.1 Å². The maximum Gasteiger partial charge on any atom is 0.0363 e. The standard InChI is InChI=1S/C18H32N2/c1-17(2)4-3-16(10-17)20-18(11-19)14-6-12-5-13(8-14)9-15(18)7-12/h12-16,20H,3-11,19H2,1-2H3. The maximum absolute atomic E-state index is 6.37. The van der Waals surface area contributed by atoms with Gasteiger partial charge < -0.3 is 11.1 Å². The van der Waals surface area contributed by atoms with Gasteiger partial charge in [0, 0.05) is 18.1 Å². The lowest BCUT2D eigenvalue weighted by Crippen LogP contribution is -2.69. The van der Waals surface area contributed by atoms with Crippen molar-refractivity contribution in [1.82, 2.24) is 5.32 Å². The van der Waals surface area contributed by atoms with Crippen molar-refractivity contribution in [2.75, 3.05) is 6.54 Å². The molecule has 20 heavy (non-hydrogen) atoms. The predicted octanol–water partition coefficient (Wildman–Crippen LogP) is 3.31. The topological polar surface area (TPSA) is 38.0 Å². The van der Waals surface area contributed by atoms with Crippen molar-refractivity contribution < 1.29 is 0 Å². The fraction of sp³-hybridized carbons (Fsp3) is 1.00. The van der Waals surface area contributed by atoms with Crippen molar-refractivity contribution in [2.45, 2.75) is 76.8 Å². The second-order valence-corrected chi connectivity index (χ2v) is 9.30. The molecule has 114 valence electrons. The molecule has 0 radical (unpaired) electrons. The van der Waals surface area contributed by atoms with Crippen LogP contribution in [0.25, 0.3) is 0 Å². The van der Waals surface area contributed by atoms with E-state index in [4.69, 9.17) is 5.73 Å². The molecule has 5 fully saturated rings. The average Bonchev–Trinajstić information content (AvgIpc) is 2.72. The number of nitrogens with one attached hydrogen (secondary N) is 1. The van der Waals surface area contributed by atoms with Crippen molar-refractivity contribution in [1.29, 1.82) is 0 Å². The van der Waals surface area contributed by atoms with Crippen LogP contribution in [0, 0.1) is 29.1 Å². The molecule has 5 aliphatic carbocycles. The molecular formula is C18H32N2. The summed E-state index contributed by atoms with van der Waals surface area (Å²) in [5, 5.41) is 4.15. The Morgan fingerprint density at radius 3 is 2.05 bits per heavy atom. The molecule has 1 unspecified atom stereocenters. The summed E-state index contributed by atoms with van der Waals surface area (Å²) in [6.45, 7) is 5.74. The summed E-state index contributed by atoms with van der Waals surface area (Å²) in [6.07, 6.45) is 11.5. The number of hydrogen-bond donors (Lipinski definition) is 2. The third-order valence-electron chi connectivity index (χ3n) is 7.37. The Morgan fingerprint density at radius 2 is 1.60 bits per heavy atom. The fourth-order valence-electron chi connectivity index (χ4n) is 6.59. The van der Waals surface area contributed by atoms with E-state index in [-0.39, 0.29) is 0 Å². The number of nitrogens with two attached hydrogens (primary N) is 1. The minimum atomic E-state index is 0.304. The van der Waals surface area contributed by atoms with E-state index in [9.17, 15) is 0 Å². The van der Waals surface area contributed by atoms with E-state index in [1.165, 1.54) is 51.4 Å². The Morgan fingerprint density at radius 1 is 1.00 bits per heavy atom. The zero-order valence-corrected chi connectivity index (χ0v) is 13.3. The Balaban J connectivity index is 1.55. The average molecular weight is 276 g/mol. The summed E-state index contributed by atoms with van der Waals surface area (Å²) in [7, 11) is 0. The van der Waals surface area contributed by atoms with Gasteiger partial charge in [0.15, 0.2) is 0 Å². The monoisotopic (exact) mass is 276 g/mol. The van der Waals surface area contributed by atoms with Gasteiger partial charge in [-0.2, -0.15) is 0 Å². The summed E-state index contributed by atoms with van der Waals surface area (Å²) in [6, 6.07) is 0.728. The van der Waals surface area contributed by atoms with Crippen LogP contribution in [-0.2, 0) is 0 Å². The van der Waals surface area contributed by atoms with Crippen LogP contribution in [0.2, 0.25) is 0 Å². The van der Waals surface area contributed by atoms with E-state index >= 15 is 0 Å². The van der Waals surface area contributed by atoms with Gasteiger partial charge in [0.2, 0.25) is 0 Å². The van der Waals surface area contributed by atoms with Crippen LogP contribution in [0.4, 0.5) is 0 Å². The van der Waals surface area contributed by atoms with Crippen molar-refractivity contribution >= 4 is 0 Å². The van der Waals surface area contributed by atoms with Crippen LogP contribution in [0.1, 0.15) is 65.2 Å². The zero-order chi connectivity index (χ0) is 14.0. The number of rotatable bonds is 3. The van der Waals surface area contributed by atoms with Gasteiger partial charge in [-0.15, -0.1) is 0 Å². The molecule has 1 atom stereocenters. The van der Waals surface area contributed by atoms with Gasteiger partial charge in [-0.25, -0.2) is 0 Å². The van der Waals surface area contributed by atoms with Crippen LogP contribution >= 0.6 is 0 Å². The van der Waals surface area contributed by atoms with E-state index in [1.54, 1.807) is 0 Å². The van der Waals surface area contributed by atoms with Gasteiger partial charge in [0.05, 0.1) is 0 Å². The Kier molecular flexibility index (Phi) is 3.03. The molecule has 4 bridgehead atoms. The molecular weight excluding hydrogens is 244 g/mol. The van der Waals surface area contributed by atoms with Gasteiger partial charge >= 0.3 is 0 Å². The van der Waals surface area contributed by atoms with Crippen molar-refractivity contribution in [3.05, 3.63) is 0 Å². The summed E-state index contributed by atoms with van der Waals surface area (Å²) in [4.78, 5) is 0. The molecule has 2 heteroatoms. The molecule has 0 aliphatic heterocycles. The molecule has 0 aromatic carbocycles. The molecule has 0 amide bonds.